The molecule has 2 rings (SSSR count). The van der Waals surface area contributed by atoms with Crippen LogP contribution in [0.2, 0.25) is 0 Å². The van der Waals surface area contributed by atoms with Crippen molar-refractivity contribution in [3.63, 3.8) is 0 Å². The van der Waals surface area contributed by atoms with E-state index in [1.165, 1.54) is 6.20 Å². The zero-order valence-corrected chi connectivity index (χ0v) is 11.0. The predicted molar refractivity (Wildman–Crippen MR) is 68.9 cm³/mol. The number of nitrogens with one attached hydrogen (secondary N) is 1. The van der Waals surface area contributed by atoms with Gasteiger partial charge < -0.3 is 10.2 Å². The predicted octanol–water partition coefficient (Wildman–Crippen LogP) is 2.03. The topological polar surface area (TPSA) is 49.4 Å². The summed E-state index contributed by atoms with van der Waals surface area (Å²) in [6.07, 6.45) is 1.53. The Kier molecular flexibility index (Phi) is 3.02. The van der Waals surface area contributed by atoms with Gasteiger partial charge in [0.25, 0.3) is 5.91 Å². The maximum atomic E-state index is 12.1. The maximum Gasteiger partial charge on any atom is 0.261 e. The second-order valence-electron chi connectivity index (χ2n) is 3.98. The molecule has 0 bridgehead atoms. The monoisotopic (exact) mass is 294 g/mol. The minimum Gasteiger partial charge on any atom is -0.383 e. The first-order chi connectivity index (χ1) is 7.99. The standard InChI is InChI=1S/C12H11BrN2O2/c1-15(2)6-9-11(16)8-4-3-7(13)5-10(8)14-12(9)17/h3-6H,1-2H3,(H,14,17)/b9-6+. The fourth-order valence-corrected chi connectivity index (χ4v) is 1.99. The molecule has 0 aliphatic carbocycles. The highest BCUT2D eigenvalue weighted by molar-refractivity contribution is 9.10. The summed E-state index contributed by atoms with van der Waals surface area (Å²) in [5.74, 6) is -0.612. The minimum absolute atomic E-state index is 0.157. The molecule has 0 unspecified atom stereocenters. The third kappa shape index (κ3) is 2.24. The average molecular weight is 295 g/mol. The van der Waals surface area contributed by atoms with E-state index in [-0.39, 0.29) is 17.3 Å². The second kappa shape index (κ2) is 4.33. The molecule has 1 aromatic rings. The molecule has 5 heteroatoms. The van der Waals surface area contributed by atoms with Crippen LogP contribution < -0.4 is 5.32 Å². The lowest BCUT2D eigenvalue weighted by Gasteiger charge is -2.19. The van der Waals surface area contributed by atoms with E-state index in [9.17, 15) is 9.59 Å². The Morgan fingerprint density at radius 3 is 2.65 bits per heavy atom. The van der Waals surface area contributed by atoms with Crippen molar-refractivity contribution in [3.05, 3.63) is 40.0 Å². The van der Waals surface area contributed by atoms with Gasteiger partial charge in [-0.2, -0.15) is 0 Å². The molecule has 1 amide bonds. The number of Topliss-reactive ketones (excluding diaryl/α,β-unsaturated/α-hetero) is 1. The second-order valence-corrected chi connectivity index (χ2v) is 4.90. The minimum atomic E-state index is -0.366. The van der Waals surface area contributed by atoms with E-state index in [0.717, 1.165) is 4.47 Å². The molecule has 17 heavy (non-hydrogen) atoms. The number of benzene rings is 1. The molecule has 1 aliphatic heterocycles. The Balaban J connectivity index is 2.51. The van der Waals surface area contributed by atoms with Crippen molar-refractivity contribution in [2.24, 2.45) is 0 Å². The molecule has 0 radical (unpaired) electrons. The quantitative estimate of drug-likeness (QED) is 0.637. The molecular weight excluding hydrogens is 284 g/mol. The van der Waals surface area contributed by atoms with Crippen molar-refractivity contribution < 1.29 is 9.59 Å². The van der Waals surface area contributed by atoms with Crippen LogP contribution >= 0.6 is 15.9 Å². The van der Waals surface area contributed by atoms with Crippen LogP contribution in [0.15, 0.2) is 34.4 Å². The fourth-order valence-electron chi connectivity index (χ4n) is 1.63. The Hall–Kier alpha value is -1.62. The normalized spacial score (nSPS) is 16.8. The Bertz CT molecular complexity index is 535. The van der Waals surface area contributed by atoms with Gasteiger partial charge in [0, 0.05) is 30.3 Å². The van der Waals surface area contributed by atoms with Crippen molar-refractivity contribution in [1.29, 1.82) is 0 Å². The first-order valence-corrected chi connectivity index (χ1v) is 5.82. The number of rotatable bonds is 1. The summed E-state index contributed by atoms with van der Waals surface area (Å²) in [5, 5.41) is 2.70. The number of nitrogens with zero attached hydrogens (tertiary/aromatic N) is 1. The van der Waals surface area contributed by atoms with Crippen LogP contribution in [0.5, 0.6) is 0 Å². The molecule has 88 valence electrons. The van der Waals surface area contributed by atoms with E-state index in [1.54, 1.807) is 37.2 Å². The number of fused-ring (bicyclic) bond motifs is 1. The first-order valence-electron chi connectivity index (χ1n) is 5.03. The molecule has 1 N–H and O–H groups in total. The lowest BCUT2D eigenvalue weighted by atomic mass is 9.97. The number of halogens is 1. The summed E-state index contributed by atoms with van der Waals surface area (Å²) in [6.45, 7) is 0. The van der Waals surface area contributed by atoms with Gasteiger partial charge in [-0.15, -0.1) is 0 Å². The highest BCUT2D eigenvalue weighted by atomic mass is 79.9. The molecular formula is C12H11BrN2O2. The van der Waals surface area contributed by atoms with E-state index >= 15 is 0 Å². The molecule has 4 nitrogen and oxygen atoms in total. The lowest BCUT2D eigenvalue weighted by Crippen LogP contribution is -2.28. The van der Waals surface area contributed by atoms with Crippen LogP contribution in [0, 0.1) is 0 Å². The van der Waals surface area contributed by atoms with Crippen LogP contribution in [-0.2, 0) is 4.79 Å². The van der Waals surface area contributed by atoms with Crippen molar-refractivity contribution >= 4 is 33.3 Å². The first kappa shape index (κ1) is 11.9. The number of carbonyl (C=O) groups excluding carboxylic acids is 2. The molecule has 0 atom stereocenters. The highest BCUT2D eigenvalue weighted by Crippen LogP contribution is 2.28. The number of anilines is 1. The van der Waals surface area contributed by atoms with Gasteiger partial charge in [0.2, 0.25) is 5.78 Å². The van der Waals surface area contributed by atoms with E-state index in [2.05, 4.69) is 21.2 Å². The van der Waals surface area contributed by atoms with Crippen LogP contribution in [0.25, 0.3) is 0 Å². The smallest absolute Gasteiger partial charge is 0.261 e. The Morgan fingerprint density at radius 2 is 2.00 bits per heavy atom. The number of hydrogen-bond donors (Lipinski definition) is 1. The fraction of sp³-hybridized carbons (Fsp3) is 0.167. The molecule has 0 spiro atoms. The summed E-state index contributed by atoms with van der Waals surface area (Å²) in [4.78, 5) is 25.6. The number of carbonyl (C=O) groups is 2. The van der Waals surface area contributed by atoms with Crippen LogP contribution in [0.3, 0.4) is 0 Å². The maximum absolute atomic E-state index is 12.1. The highest BCUT2D eigenvalue weighted by Gasteiger charge is 2.28. The van der Waals surface area contributed by atoms with Gasteiger partial charge >= 0.3 is 0 Å². The summed E-state index contributed by atoms with van der Waals surface area (Å²) >= 11 is 3.30. The molecule has 0 aromatic heterocycles. The lowest BCUT2D eigenvalue weighted by molar-refractivity contribution is -0.112. The van der Waals surface area contributed by atoms with Crippen molar-refractivity contribution in [1.82, 2.24) is 4.90 Å². The van der Waals surface area contributed by atoms with Gasteiger partial charge in [-0.1, -0.05) is 15.9 Å². The van der Waals surface area contributed by atoms with Gasteiger partial charge in [0.05, 0.1) is 5.69 Å². The van der Waals surface area contributed by atoms with Crippen molar-refractivity contribution in [2.75, 3.05) is 19.4 Å². The molecule has 1 heterocycles. The Morgan fingerprint density at radius 1 is 1.29 bits per heavy atom. The molecule has 0 saturated heterocycles. The zero-order valence-electron chi connectivity index (χ0n) is 9.45. The summed E-state index contributed by atoms with van der Waals surface area (Å²) in [5.41, 5.74) is 1.22. The molecule has 1 aromatic carbocycles. The van der Waals surface area contributed by atoms with Crippen LogP contribution in [-0.4, -0.2) is 30.7 Å². The van der Waals surface area contributed by atoms with E-state index in [1.807, 2.05) is 0 Å². The van der Waals surface area contributed by atoms with Gasteiger partial charge in [-0.3, -0.25) is 9.59 Å². The third-order valence-electron chi connectivity index (χ3n) is 2.35. The van der Waals surface area contributed by atoms with Crippen LogP contribution in [0.4, 0.5) is 5.69 Å². The van der Waals surface area contributed by atoms with E-state index in [0.29, 0.717) is 11.3 Å². The van der Waals surface area contributed by atoms with Gasteiger partial charge in [-0.05, 0) is 18.2 Å². The summed E-state index contributed by atoms with van der Waals surface area (Å²) < 4.78 is 0.824. The molecule has 1 aliphatic rings. The summed E-state index contributed by atoms with van der Waals surface area (Å²) in [6, 6.07) is 5.20. The Labute approximate surface area is 107 Å². The van der Waals surface area contributed by atoms with Crippen LogP contribution in [0.1, 0.15) is 10.4 Å². The van der Waals surface area contributed by atoms with E-state index in [4.69, 9.17) is 0 Å². The summed E-state index contributed by atoms with van der Waals surface area (Å²) in [7, 11) is 3.54. The number of hydrogen-bond acceptors (Lipinski definition) is 3. The number of ketones is 1. The van der Waals surface area contributed by atoms with Crippen molar-refractivity contribution in [3.8, 4) is 0 Å². The van der Waals surface area contributed by atoms with E-state index < -0.39 is 0 Å². The average Bonchev–Trinajstić information content (AvgIpc) is 2.23. The molecule has 0 fully saturated rings. The van der Waals surface area contributed by atoms with Gasteiger partial charge in [0.15, 0.2) is 0 Å². The van der Waals surface area contributed by atoms with Gasteiger partial charge in [0.1, 0.15) is 5.57 Å². The SMILES string of the molecule is CN(C)/C=C1/C(=O)Nc2cc(Br)ccc2C1=O. The van der Waals surface area contributed by atoms with Gasteiger partial charge in [-0.25, -0.2) is 0 Å². The molecule has 0 saturated carbocycles. The third-order valence-corrected chi connectivity index (χ3v) is 2.84. The zero-order chi connectivity index (χ0) is 12.6. The van der Waals surface area contributed by atoms with Crippen molar-refractivity contribution in [2.45, 2.75) is 0 Å². The largest absolute Gasteiger partial charge is 0.383 e. The number of amides is 1.